The smallest absolute Gasteiger partial charge is 0.184 e. The van der Waals surface area contributed by atoms with Gasteiger partial charge in [-0.2, -0.15) is 0 Å². The van der Waals surface area contributed by atoms with Gasteiger partial charge in [-0.1, -0.05) is 33.8 Å². The van der Waals surface area contributed by atoms with E-state index in [1.54, 1.807) is 20.3 Å². The van der Waals surface area contributed by atoms with Crippen molar-refractivity contribution >= 4 is 14.1 Å². The van der Waals surface area contributed by atoms with Crippen LogP contribution in [0.25, 0.3) is 0 Å². The summed E-state index contributed by atoms with van der Waals surface area (Å²) in [5.41, 5.74) is 1.07. The summed E-state index contributed by atoms with van der Waals surface area (Å²) in [5, 5.41) is 0. The van der Waals surface area contributed by atoms with Crippen LogP contribution in [0.5, 0.6) is 11.5 Å². The van der Waals surface area contributed by atoms with Gasteiger partial charge in [0.25, 0.3) is 0 Å². The summed E-state index contributed by atoms with van der Waals surface area (Å²) in [6, 6.07) is 5.45. The van der Waals surface area contributed by atoms with Gasteiger partial charge in [0.05, 0.1) is 19.8 Å². The van der Waals surface area contributed by atoms with Gasteiger partial charge in [-0.15, -0.1) is 0 Å². The van der Waals surface area contributed by atoms with Crippen molar-refractivity contribution in [1.82, 2.24) is 0 Å². The summed E-state index contributed by atoms with van der Waals surface area (Å²) < 4.78 is 10.6. The Bertz CT molecular complexity index is 477. The number of hydrogen-bond donors (Lipinski definition) is 0. The molecule has 0 aliphatic carbocycles. The van der Waals surface area contributed by atoms with E-state index >= 15 is 0 Å². The summed E-state index contributed by atoms with van der Waals surface area (Å²) in [5.74, 6) is 1.70. The molecule has 3 nitrogen and oxygen atoms in total. The summed E-state index contributed by atoms with van der Waals surface area (Å²) in [6.07, 6.45) is 2.05. The fourth-order valence-corrected chi connectivity index (χ4v) is 3.61. The molecular weight excluding hydrogens is 283 g/mol. The Balaban J connectivity index is 2.72. The Kier molecular flexibility index (Phi) is 6.67. The number of benzene rings is 1. The highest BCUT2D eigenvalue weighted by molar-refractivity contribution is 7.58. The molecule has 0 bridgehead atoms. The lowest BCUT2D eigenvalue weighted by atomic mass is 9.86. The summed E-state index contributed by atoms with van der Waals surface area (Å²) >= 11 is 0. The fraction of sp³-hybridized carbons (Fsp3) is 0.588. The second-order valence-corrected chi connectivity index (χ2v) is 7.84. The molecule has 0 amide bonds. The number of hydrogen-bond acceptors (Lipinski definition) is 3. The minimum absolute atomic E-state index is 0.145. The van der Waals surface area contributed by atoms with Crippen LogP contribution in [0.15, 0.2) is 18.2 Å². The first-order valence-electron chi connectivity index (χ1n) is 7.27. The summed E-state index contributed by atoms with van der Waals surface area (Å²) in [7, 11) is 3.42. The fourth-order valence-electron chi connectivity index (χ4n) is 2.55. The first-order chi connectivity index (χ1) is 9.78. The molecule has 0 heterocycles. The average molecular weight is 310 g/mol. The van der Waals surface area contributed by atoms with Crippen molar-refractivity contribution in [2.75, 3.05) is 20.4 Å². The summed E-state index contributed by atoms with van der Waals surface area (Å²) in [4.78, 5) is 12.4. The van der Waals surface area contributed by atoms with Crippen molar-refractivity contribution in [2.24, 2.45) is 11.3 Å². The highest BCUT2D eigenvalue weighted by Gasteiger charge is 2.19. The SMILES string of the molecule is COc1cccc(C(=O)PC[C@H](C)CC(C)(C)C)c1OC. The van der Waals surface area contributed by atoms with Gasteiger partial charge in [0.15, 0.2) is 17.0 Å². The van der Waals surface area contributed by atoms with E-state index in [1.807, 2.05) is 12.1 Å². The predicted molar refractivity (Wildman–Crippen MR) is 90.3 cm³/mol. The first-order valence-corrected chi connectivity index (χ1v) is 8.48. The molecule has 0 saturated heterocycles. The zero-order valence-electron chi connectivity index (χ0n) is 13.9. The van der Waals surface area contributed by atoms with E-state index in [9.17, 15) is 4.79 Å². The molecule has 0 aromatic heterocycles. The van der Waals surface area contributed by atoms with Gasteiger partial charge in [-0.25, -0.2) is 0 Å². The molecule has 0 saturated carbocycles. The molecule has 0 radical (unpaired) electrons. The molecule has 0 aliphatic rings. The van der Waals surface area contributed by atoms with Crippen LogP contribution in [-0.2, 0) is 0 Å². The highest BCUT2D eigenvalue weighted by atomic mass is 31.1. The van der Waals surface area contributed by atoms with Crippen molar-refractivity contribution in [3.05, 3.63) is 23.8 Å². The quantitative estimate of drug-likeness (QED) is 0.691. The van der Waals surface area contributed by atoms with E-state index in [1.165, 1.54) is 0 Å². The molecular formula is C17H27O3P. The Hall–Kier alpha value is -1.08. The van der Waals surface area contributed by atoms with Gasteiger partial charge in [0, 0.05) is 0 Å². The molecule has 118 valence electrons. The molecule has 1 aromatic rings. The maximum atomic E-state index is 12.4. The number of rotatable bonds is 7. The van der Waals surface area contributed by atoms with E-state index in [0.29, 0.717) is 28.4 Å². The van der Waals surface area contributed by atoms with Crippen molar-refractivity contribution in [1.29, 1.82) is 0 Å². The molecule has 1 rings (SSSR count). The number of ether oxygens (including phenoxy) is 2. The predicted octanol–water partition coefficient (Wildman–Crippen LogP) is 4.59. The minimum atomic E-state index is 0.145. The lowest BCUT2D eigenvalue weighted by molar-refractivity contribution is 0.108. The Morgan fingerprint density at radius 1 is 1.24 bits per heavy atom. The summed E-state index contributed by atoms with van der Waals surface area (Å²) in [6.45, 7) is 8.92. The minimum Gasteiger partial charge on any atom is -0.493 e. The van der Waals surface area contributed by atoms with E-state index < -0.39 is 0 Å². The van der Waals surface area contributed by atoms with Crippen LogP contribution in [0.4, 0.5) is 0 Å². The van der Waals surface area contributed by atoms with Crippen molar-refractivity contribution in [2.45, 2.75) is 34.1 Å². The molecule has 21 heavy (non-hydrogen) atoms. The number of carbonyl (C=O) groups is 1. The standard InChI is InChI=1S/C17H27O3P/c1-12(10-17(2,3)4)11-21-16(18)13-8-7-9-14(19-5)15(13)20-6/h7-9,12,21H,10-11H2,1-6H3/t12-/m1/s1. The molecule has 1 aromatic carbocycles. The number of methoxy groups -OCH3 is 2. The molecule has 4 heteroatoms. The zero-order chi connectivity index (χ0) is 16.0. The van der Waals surface area contributed by atoms with E-state index in [2.05, 4.69) is 27.7 Å². The van der Waals surface area contributed by atoms with Gasteiger partial charge in [-0.05, 0) is 44.6 Å². The lowest BCUT2D eigenvalue weighted by Crippen LogP contribution is -2.13. The van der Waals surface area contributed by atoms with Crippen LogP contribution in [-0.4, -0.2) is 25.9 Å². The second kappa shape index (κ2) is 7.79. The van der Waals surface area contributed by atoms with E-state index in [4.69, 9.17) is 9.47 Å². The normalized spacial score (nSPS) is 13.4. The maximum absolute atomic E-state index is 12.4. The topological polar surface area (TPSA) is 35.5 Å². The van der Waals surface area contributed by atoms with Gasteiger partial charge in [-0.3, -0.25) is 4.79 Å². The van der Waals surface area contributed by atoms with Gasteiger partial charge in [0.1, 0.15) is 0 Å². The number of para-hydroxylation sites is 1. The Morgan fingerprint density at radius 2 is 1.90 bits per heavy atom. The third-order valence-corrected chi connectivity index (χ3v) is 4.71. The largest absolute Gasteiger partial charge is 0.493 e. The molecule has 0 aliphatic heterocycles. The molecule has 0 spiro atoms. The third-order valence-electron chi connectivity index (χ3n) is 3.22. The third kappa shape index (κ3) is 5.67. The van der Waals surface area contributed by atoms with Crippen LogP contribution in [0.3, 0.4) is 0 Å². The van der Waals surface area contributed by atoms with Crippen LogP contribution in [0, 0.1) is 11.3 Å². The Labute approximate surface area is 130 Å². The number of carbonyl (C=O) groups excluding carboxylic acids is 1. The van der Waals surface area contributed by atoms with Crippen LogP contribution in [0.2, 0.25) is 0 Å². The molecule has 1 unspecified atom stereocenters. The van der Waals surface area contributed by atoms with E-state index in [0.717, 1.165) is 12.6 Å². The van der Waals surface area contributed by atoms with Gasteiger partial charge < -0.3 is 9.47 Å². The highest BCUT2D eigenvalue weighted by Crippen LogP contribution is 2.36. The van der Waals surface area contributed by atoms with Crippen molar-refractivity contribution in [3.63, 3.8) is 0 Å². The van der Waals surface area contributed by atoms with Crippen LogP contribution in [0.1, 0.15) is 44.5 Å². The van der Waals surface area contributed by atoms with Crippen LogP contribution >= 0.6 is 8.58 Å². The van der Waals surface area contributed by atoms with Crippen molar-refractivity contribution in [3.8, 4) is 11.5 Å². The second-order valence-electron chi connectivity index (χ2n) is 6.62. The monoisotopic (exact) mass is 310 g/mol. The Morgan fingerprint density at radius 3 is 2.43 bits per heavy atom. The first kappa shape index (κ1) is 18.0. The van der Waals surface area contributed by atoms with E-state index in [-0.39, 0.29) is 14.1 Å². The van der Waals surface area contributed by atoms with Gasteiger partial charge >= 0.3 is 0 Å². The maximum Gasteiger partial charge on any atom is 0.184 e. The van der Waals surface area contributed by atoms with Crippen molar-refractivity contribution < 1.29 is 14.3 Å². The lowest BCUT2D eigenvalue weighted by Gasteiger charge is -2.23. The van der Waals surface area contributed by atoms with Crippen LogP contribution < -0.4 is 9.47 Å². The van der Waals surface area contributed by atoms with Gasteiger partial charge in [0.2, 0.25) is 0 Å². The molecule has 2 atom stereocenters. The average Bonchev–Trinajstić information content (AvgIpc) is 2.41. The molecule has 0 N–H and O–H groups in total. The molecule has 0 fully saturated rings. The zero-order valence-corrected chi connectivity index (χ0v) is 14.9.